The van der Waals surface area contributed by atoms with Crippen molar-refractivity contribution < 1.29 is 13.9 Å². The van der Waals surface area contributed by atoms with Gasteiger partial charge in [0.05, 0.1) is 6.61 Å². The smallest absolute Gasteiger partial charge is 0.268 e. The molecule has 0 spiro atoms. The van der Waals surface area contributed by atoms with Gasteiger partial charge in [-0.2, -0.15) is 5.26 Å². The highest BCUT2D eigenvalue weighted by molar-refractivity contribution is 8.01. The Hall–Kier alpha value is -3.52. The maximum atomic E-state index is 12.6. The number of amides is 1. The highest BCUT2D eigenvalue weighted by Gasteiger charge is 2.14. The predicted octanol–water partition coefficient (Wildman–Crippen LogP) is 6.14. The van der Waals surface area contributed by atoms with Crippen molar-refractivity contribution in [3.63, 3.8) is 0 Å². The van der Waals surface area contributed by atoms with Crippen LogP contribution in [0, 0.1) is 11.3 Å². The molecular formula is C25H20N4O3S3. The number of aromatic nitrogens is 2. The van der Waals surface area contributed by atoms with Crippen LogP contribution < -0.4 is 10.1 Å². The van der Waals surface area contributed by atoms with Crippen LogP contribution in [-0.4, -0.2) is 28.5 Å². The van der Waals surface area contributed by atoms with E-state index >= 15 is 0 Å². The Morgan fingerprint density at radius 2 is 1.83 bits per heavy atom. The van der Waals surface area contributed by atoms with Gasteiger partial charge in [0, 0.05) is 17.6 Å². The molecule has 4 rings (SSSR count). The van der Waals surface area contributed by atoms with Crippen LogP contribution in [0.25, 0.3) is 6.08 Å². The second-order valence-electron chi connectivity index (χ2n) is 6.94. The minimum atomic E-state index is -0.567. The predicted molar refractivity (Wildman–Crippen MR) is 140 cm³/mol. The van der Waals surface area contributed by atoms with Gasteiger partial charge >= 0.3 is 0 Å². The summed E-state index contributed by atoms with van der Waals surface area (Å²) < 4.78 is 12.1. The summed E-state index contributed by atoms with van der Waals surface area (Å²) in [5.41, 5.74) is 1.10. The summed E-state index contributed by atoms with van der Waals surface area (Å²) in [6.07, 6.45) is 1.42. The number of thioether (sulfide) groups is 2. The van der Waals surface area contributed by atoms with Gasteiger partial charge in [-0.05, 0) is 29.8 Å². The molecule has 0 unspecified atom stereocenters. The van der Waals surface area contributed by atoms with Gasteiger partial charge in [-0.15, -0.1) is 10.2 Å². The van der Waals surface area contributed by atoms with Gasteiger partial charge in [0.15, 0.2) is 9.43 Å². The first-order valence-corrected chi connectivity index (χ1v) is 13.3. The van der Waals surface area contributed by atoms with Crippen LogP contribution in [0.1, 0.15) is 11.3 Å². The van der Waals surface area contributed by atoms with Crippen molar-refractivity contribution in [3.05, 3.63) is 89.7 Å². The minimum Gasteiger partial charge on any atom is -0.493 e. The number of furan rings is 1. The van der Waals surface area contributed by atoms with Crippen molar-refractivity contribution in [3.8, 4) is 11.8 Å². The number of para-hydroxylation sites is 1. The molecule has 0 radical (unpaired) electrons. The number of rotatable bonds is 11. The second kappa shape index (κ2) is 12.8. The molecule has 7 nitrogen and oxygen atoms in total. The fourth-order valence-electron chi connectivity index (χ4n) is 2.80. The second-order valence-corrected chi connectivity index (χ2v) is 10.2. The SMILES string of the molecule is N#CC(=Cc1ccc(SCc2ccccc2)o1)C(=O)Nc1nnc(SCCOc2ccccc2)s1. The van der Waals surface area contributed by atoms with E-state index in [2.05, 4.69) is 15.5 Å². The normalized spacial score (nSPS) is 11.1. The van der Waals surface area contributed by atoms with Gasteiger partial charge in [0.25, 0.3) is 5.91 Å². The van der Waals surface area contributed by atoms with Crippen molar-refractivity contribution >= 4 is 52.0 Å². The van der Waals surface area contributed by atoms with E-state index in [1.165, 1.54) is 34.7 Å². The number of hydrogen-bond donors (Lipinski definition) is 1. The highest BCUT2D eigenvalue weighted by atomic mass is 32.2. The number of carbonyl (C=O) groups excluding carboxylic acids is 1. The molecule has 0 saturated heterocycles. The average molecular weight is 521 g/mol. The Balaban J connectivity index is 1.26. The van der Waals surface area contributed by atoms with E-state index < -0.39 is 5.91 Å². The van der Waals surface area contributed by atoms with Crippen LogP contribution >= 0.6 is 34.9 Å². The lowest BCUT2D eigenvalue weighted by atomic mass is 10.2. The summed E-state index contributed by atoms with van der Waals surface area (Å²) in [5.74, 6) is 2.12. The van der Waals surface area contributed by atoms with Crippen LogP contribution in [-0.2, 0) is 10.5 Å². The van der Waals surface area contributed by atoms with Crippen LogP contribution in [0.5, 0.6) is 5.75 Å². The maximum Gasteiger partial charge on any atom is 0.268 e. The Labute approximate surface area is 215 Å². The molecule has 0 saturated carbocycles. The van der Waals surface area contributed by atoms with E-state index in [1.807, 2.05) is 72.8 Å². The largest absolute Gasteiger partial charge is 0.493 e. The molecule has 0 atom stereocenters. The molecule has 10 heteroatoms. The number of anilines is 1. The third kappa shape index (κ3) is 7.75. The van der Waals surface area contributed by atoms with Gasteiger partial charge in [0.2, 0.25) is 5.13 Å². The number of hydrogen-bond acceptors (Lipinski definition) is 9. The van der Waals surface area contributed by atoms with Crippen molar-refractivity contribution in [1.82, 2.24) is 10.2 Å². The summed E-state index contributed by atoms with van der Waals surface area (Å²) in [5, 5.41) is 21.2. The Morgan fingerprint density at radius 1 is 1.06 bits per heavy atom. The first kappa shape index (κ1) is 24.6. The third-order valence-corrected chi connectivity index (χ3v) is 7.34. The Kier molecular flexibility index (Phi) is 9.00. The number of carbonyl (C=O) groups is 1. The van der Waals surface area contributed by atoms with Crippen LogP contribution in [0.3, 0.4) is 0 Å². The molecule has 0 fully saturated rings. The van der Waals surface area contributed by atoms with Crippen LogP contribution in [0.4, 0.5) is 5.13 Å². The van der Waals surface area contributed by atoms with E-state index in [9.17, 15) is 10.1 Å². The minimum absolute atomic E-state index is 0.0837. The zero-order valence-corrected chi connectivity index (χ0v) is 20.9. The number of ether oxygens (including phenoxy) is 1. The van der Waals surface area contributed by atoms with E-state index in [0.29, 0.717) is 32.7 Å². The Bertz CT molecular complexity index is 1310. The van der Waals surface area contributed by atoms with E-state index in [1.54, 1.807) is 17.8 Å². The summed E-state index contributed by atoms with van der Waals surface area (Å²) in [4.78, 5) is 12.6. The maximum absolute atomic E-state index is 12.6. The fraction of sp³-hybridized carbons (Fsp3) is 0.120. The molecule has 1 amide bonds. The number of benzene rings is 2. The van der Waals surface area contributed by atoms with Crippen molar-refractivity contribution in [1.29, 1.82) is 5.26 Å². The topological polar surface area (TPSA) is 101 Å². The van der Waals surface area contributed by atoms with E-state index in [0.717, 1.165) is 11.5 Å². The van der Waals surface area contributed by atoms with Gasteiger partial charge in [0.1, 0.15) is 23.2 Å². The summed E-state index contributed by atoms with van der Waals surface area (Å²) in [6.45, 7) is 0.520. The first-order valence-electron chi connectivity index (χ1n) is 10.5. The molecule has 0 aliphatic rings. The van der Waals surface area contributed by atoms with Gasteiger partial charge in [-0.25, -0.2) is 0 Å². The molecular weight excluding hydrogens is 501 g/mol. The van der Waals surface area contributed by atoms with Gasteiger partial charge < -0.3 is 9.15 Å². The van der Waals surface area contributed by atoms with Crippen molar-refractivity contribution in [2.24, 2.45) is 0 Å². The standard InChI is InChI=1S/C25H20N4O3S3/c26-16-19(15-21-11-12-22(32-21)34-17-18-7-3-1-4-8-18)23(30)27-24-28-29-25(35-24)33-14-13-31-20-9-5-2-6-10-20/h1-12,15H,13-14,17H2,(H,27,28,30). The quantitative estimate of drug-likeness (QED) is 0.0827. The van der Waals surface area contributed by atoms with E-state index in [-0.39, 0.29) is 5.57 Å². The molecule has 35 heavy (non-hydrogen) atoms. The average Bonchev–Trinajstić information content (AvgIpc) is 3.54. The lowest BCUT2D eigenvalue weighted by molar-refractivity contribution is -0.112. The zero-order chi connectivity index (χ0) is 24.3. The monoisotopic (exact) mass is 520 g/mol. The molecule has 2 aromatic heterocycles. The van der Waals surface area contributed by atoms with E-state index in [4.69, 9.17) is 9.15 Å². The van der Waals surface area contributed by atoms with Crippen molar-refractivity contribution in [2.45, 2.75) is 15.2 Å². The molecule has 2 aromatic carbocycles. The molecule has 2 heterocycles. The number of nitriles is 1. The third-order valence-electron chi connectivity index (χ3n) is 4.43. The van der Waals surface area contributed by atoms with Gasteiger partial charge in [-0.3, -0.25) is 10.1 Å². The van der Waals surface area contributed by atoms with Crippen LogP contribution in [0.15, 0.2) is 92.2 Å². The zero-order valence-electron chi connectivity index (χ0n) is 18.4. The summed E-state index contributed by atoms with van der Waals surface area (Å²) in [6, 6.07) is 25.1. The molecule has 0 bridgehead atoms. The van der Waals surface area contributed by atoms with Crippen molar-refractivity contribution in [2.75, 3.05) is 17.7 Å². The molecule has 4 aromatic rings. The summed E-state index contributed by atoms with van der Waals surface area (Å²) in [7, 11) is 0. The molecule has 0 aliphatic carbocycles. The summed E-state index contributed by atoms with van der Waals surface area (Å²) >= 11 is 4.26. The lowest BCUT2D eigenvalue weighted by Crippen LogP contribution is -2.13. The van der Waals surface area contributed by atoms with Crippen LogP contribution in [0.2, 0.25) is 0 Å². The number of nitrogens with zero attached hydrogens (tertiary/aromatic N) is 3. The lowest BCUT2D eigenvalue weighted by Gasteiger charge is -2.03. The Morgan fingerprint density at radius 3 is 2.60 bits per heavy atom. The molecule has 176 valence electrons. The van der Waals surface area contributed by atoms with Gasteiger partial charge in [-0.1, -0.05) is 83.4 Å². The highest BCUT2D eigenvalue weighted by Crippen LogP contribution is 2.27. The first-order chi connectivity index (χ1) is 17.2. The molecule has 0 aliphatic heterocycles. The number of nitrogens with one attached hydrogen (secondary N) is 1. The fourth-order valence-corrected chi connectivity index (χ4v) is 5.25. The molecule has 1 N–H and O–H groups in total.